The van der Waals surface area contributed by atoms with Gasteiger partial charge < -0.3 is 10.6 Å². The van der Waals surface area contributed by atoms with E-state index in [0.29, 0.717) is 18.7 Å². The lowest BCUT2D eigenvalue weighted by Gasteiger charge is -2.24. The fraction of sp³-hybridized carbons (Fsp3) is 0.500. The molecule has 1 aromatic carbocycles. The van der Waals surface area contributed by atoms with Gasteiger partial charge in [-0.1, -0.05) is 32.0 Å². The molecular weight excluding hydrogens is 285 g/mol. The molecule has 0 spiro atoms. The van der Waals surface area contributed by atoms with Crippen LogP contribution in [0.5, 0.6) is 0 Å². The lowest BCUT2D eigenvalue weighted by molar-refractivity contribution is -0.127. The van der Waals surface area contributed by atoms with Crippen LogP contribution in [-0.2, 0) is 9.59 Å². The Morgan fingerprint density at radius 1 is 1.09 bits per heavy atom. The molecule has 0 bridgehead atoms. The Bertz CT molecular complexity index is 518. The third-order valence-electron chi connectivity index (χ3n) is 3.21. The normalized spacial score (nSPS) is 12.3. The van der Waals surface area contributed by atoms with Crippen LogP contribution in [0.4, 0.5) is 4.39 Å². The molecule has 0 aliphatic heterocycles. The van der Waals surface area contributed by atoms with E-state index in [4.69, 9.17) is 0 Å². The lowest BCUT2D eigenvalue weighted by atomic mass is 10.0. The summed E-state index contributed by atoms with van der Waals surface area (Å²) in [6.07, 6.45) is 0. The van der Waals surface area contributed by atoms with E-state index in [9.17, 15) is 14.0 Å². The molecule has 0 unspecified atom stereocenters. The maximum Gasteiger partial charge on any atom is 0.242 e. The molecule has 1 aromatic rings. The number of carbonyl (C=O) groups is 2. The van der Waals surface area contributed by atoms with Crippen LogP contribution in [0.25, 0.3) is 0 Å². The number of likely N-dealkylation sites (N-methyl/N-ethyl adjacent to an activating group) is 1. The highest BCUT2D eigenvalue weighted by molar-refractivity contribution is 5.83. The van der Waals surface area contributed by atoms with E-state index in [1.165, 1.54) is 6.07 Å². The van der Waals surface area contributed by atoms with Gasteiger partial charge in [0.1, 0.15) is 11.9 Å². The largest absolute Gasteiger partial charge is 0.354 e. The van der Waals surface area contributed by atoms with Crippen LogP contribution in [0.15, 0.2) is 24.3 Å². The van der Waals surface area contributed by atoms with Gasteiger partial charge in [0.2, 0.25) is 11.8 Å². The number of carbonyl (C=O) groups excluding carboxylic acids is 2. The van der Waals surface area contributed by atoms with Crippen LogP contribution in [-0.4, -0.2) is 43.9 Å². The highest BCUT2D eigenvalue weighted by Crippen LogP contribution is 2.21. The summed E-state index contributed by atoms with van der Waals surface area (Å²) < 4.78 is 13.9. The second-order valence-corrected chi connectivity index (χ2v) is 5.62. The minimum atomic E-state index is -0.706. The van der Waals surface area contributed by atoms with Gasteiger partial charge in [-0.25, -0.2) is 4.39 Å². The van der Waals surface area contributed by atoms with Crippen molar-refractivity contribution in [1.82, 2.24) is 15.5 Å². The summed E-state index contributed by atoms with van der Waals surface area (Å²) in [7, 11) is 3.44. The van der Waals surface area contributed by atoms with Gasteiger partial charge in [0.25, 0.3) is 0 Å². The summed E-state index contributed by atoms with van der Waals surface area (Å²) >= 11 is 0. The molecule has 5 nitrogen and oxygen atoms in total. The Labute approximate surface area is 130 Å². The second-order valence-electron chi connectivity index (χ2n) is 5.62. The van der Waals surface area contributed by atoms with Crippen LogP contribution in [0.2, 0.25) is 0 Å². The predicted molar refractivity (Wildman–Crippen MR) is 83.7 cm³/mol. The smallest absolute Gasteiger partial charge is 0.242 e. The molecule has 0 saturated carbocycles. The number of hydrogen-bond donors (Lipinski definition) is 2. The van der Waals surface area contributed by atoms with E-state index < -0.39 is 11.9 Å². The molecule has 0 saturated heterocycles. The molecule has 0 aromatic heterocycles. The first kappa shape index (κ1) is 18.1. The van der Waals surface area contributed by atoms with Gasteiger partial charge >= 0.3 is 0 Å². The van der Waals surface area contributed by atoms with Crippen LogP contribution in [0.3, 0.4) is 0 Å². The molecule has 122 valence electrons. The molecule has 2 N–H and O–H groups in total. The SMILES string of the molecule is CC(C)C(=O)NCCNC(=O)[C@H](c1ccccc1F)N(C)C. The van der Waals surface area contributed by atoms with E-state index in [2.05, 4.69) is 10.6 Å². The van der Waals surface area contributed by atoms with Crippen molar-refractivity contribution >= 4 is 11.8 Å². The van der Waals surface area contributed by atoms with Gasteiger partial charge in [-0.05, 0) is 20.2 Å². The molecule has 2 amide bonds. The maximum atomic E-state index is 13.9. The van der Waals surface area contributed by atoms with E-state index in [1.54, 1.807) is 51.0 Å². The number of nitrogens with zero attached hydrogens (tertiary/aromatic N) is 1. The predicted octanol–water partition coefficient (Wildman–Crippen LogP) is 1.32. The van der Waals surface area contributed by atoms with Crippen LogP contribution < -0.4 is 10.6 Å². The molecule has 0 radical (unpaired) electrons. The Morgan fingerprint density at radius 3 is 2.14 bits per heavy atom. The van der Waals surface area contributed by atoms with Gasteiger partial charge in [-0.2, -0.15) is 0 Å². The Balaban J connectivity index is 2.61. The monoisotopic (exact) mass is 309 g/mol. The van der Waals surface area contributed by atoms with Crippen molar-refractivity contribution < 1.29 is 14.0 Å². The number of rotatable bonds is 7. The summed E-state index contributed by atoms with van der Waals surface area (Å²) in [5, 5.41) is 5.44. The highest BCUT2D eigenvalue weighted by atomic mass is 19.1. The van der Waals surface area contributed by atoms with Gasteiger partial charge in [0, 0.05) is 24.6 Å². The molecule has 0 heterocycles. The van der Waals surface area contributed by atoms with Gasteiger partial charge in [0.05, 0.1) is 0 Å². The van der Waals surface area contributed by atoms with Crippen molar-refractivity contribution in [2.45, 2.75) is 19.9 Å². The third kappa shape index (κ3) is 5.11. The summed E-state index contributed by atoms with van der Waals surface area (Å²) in [5.74, 6) is -0.866. The first-order valence-corrected chi connectivity index (χ1v) is 7.31. The topological polar surface area (TPSA) is 61.4 Å². The zero-order chi connectivity index (χ0) is 16.7. The van der Waals surface area contributed by atoms with E-state index in [0.717, 1.165) is 0 Å². The molecule has 0 aliphatic carbocycles. The molecule has 1 rings (SSSR count). The standard InChI is InChI=1S/C16H24FN3O2/c1-11(2)15(21)18-9-10-19-16(22)14(20(3)4)12-7-5-6-8-13(12)17/h5-8,11,14H,9-10H2,1-4H3,(H,18,21)(H,19,22)/t14-/m0/s1. The van der Waals surface area contributed by atoms with Crippen molar-refractivity contribution in [3.05, 3.63) is 35.6 Å². The summed E-state index contributed by atoms with van der Waals surface area (Å²) in [6.45, 7) is 4.25. The van der Waals surface area contributed by atoms with E-state index in [1.807, 2.05) is 0 Å². The first-order chi connectivity index (χ1) is 10.3. The van der Waals surface area contributed by atoms with Gasteiger partial charge in [-0.3, -0.25) is 14.5 Å². The molecule has 0 fully saturated rings. The minimum absolute atomic E-state index is 0.0625. The average Bonchev–Trinajstić information content (AvgIpc) is 2.45. The second kappa shape index (κ2) is 8.48. The Hall–Kier alpha value is -1.95. The van der Waals surface area contributed by atoms with Crippen molar-refractivity contribution in [2.24, 2.45) is 5.92 Å². The minimum Gasteiger partial charge on any atom is -0.354 e. The van der Waals surface area contributed by atoms with Crippen molar-refractivity contribution in [2.75, 3.05) is 27.2 Å². The molecular formula is C16H24FN3O2. The summed E-state index contributed by atoms with van der Waals surface area (Å²) in [4.78, 5) is 25.4. The molecule has 1 atom stereocenters. The third-order valence-corrected chi connectivity index (χ3v) is 3.21. The van der Waals surface area contributed by atoms with E-state index in [-0.39, 0.29) is 17.7 Å². The summed E-state index contributed by atoms with van der Waals surface area (Å²) in [6, 6.07) is 5.51. The number of halogens is 1. The number of amides is 2. The van der Waals surface area contributed by atoms with Crippen molar-refractivity contribution in [3.63, 3.8) is 0 Å². The fourth-order valence-electron chi connectivity index (χ4n) is 2.02. The lowest BCUT2D eigenvalue weighted by Crippen LogP contribution is -2.41. The number of hydrogen-bond acceptors (Lipinski definition) is 3. The van der Waals surface area contributed by atoms with Crippen molar-refractivity contribution in [1.29, 1.82) is 0 Å². The van der Waals surface area contributed by atoms with Gasteiger partial charge in [-0.15, -0.1) is 0 Å². The number of nitrogens with one attached hydrogen (secondary N) is 2. The summed E-state index contributed by atoms with van der Waals surface area (Å²) in [5.41, 5.74) is 0.330. The quantitative estimate of drug-likeness (QED) is 0.747. The Kier molecular flexibility index (Phi) is 6.98. The van der Waals surface area contributed by atoms with E-state index >= 15 is 0 Å². The molecule has 22 heavy (non-hydrogen) atoms. The van der Waals surface area contributed by atoms with Crippen LogP contribution in [0.1, 0.15) is 25.5 Å². The van der Waals surface area contributed by atoms with Gasteiger partial charge in [0.15, 0.2) is 0 Å². The molecule has 0 aliphatic rings. The zero-order valence-electron chi connectivity index (χ0n) is 13.5. The van der Waals surface area contributed by atoms with Crippen molar-refractivity contribution in [3.8, 4) is 0 Å². The maximum absolute atomic E-state index is 13.9. The van der Waals surface area contributed by atoms with Crippen LogP contribution in [0, 0.1) is 11.7 Å². The Morgan fingerprint density at radius 2 is 1.64 bits per heavy atom. The number of benzene rings is 1. The first-order valence-electron chi connectivity index (χ1n) is 7.31. The average molecular weight is 309 g/mol. The molecule has 6 heteroatoms. The zero-order valence-corrected chi connectivity index (χ0v) is 13.5. The fourth-order valence-corrected chi connectivity index (χ4v) is 2.02. The van der Waals surface area contributed by atoms with Crippen LogP contribution >= 0.6 is 0 Å². The highest BCUT2D eigenvalue weighted by Gasteiger charge is 2.25.